The van der Waals surface area contributed by atoms with Gasteiger partial charge in [-0.3, -0.25) is 10.1 Å². The Labute approximate surface area is 128 Å². The maximum atomic E-state index is 10.6. The van der Waals surface area contributed by atoms with E-state index in [1.165, 1.54) is 11.8 Å². The number of nitrogens with zero attached hydrogens (tertiary/aromatic N) is 3. The van der Waals surface area contributed by atoms with E-state index < -0.39 is 0 Å². The molecule has 8 heteroatoms. The number of thioether (sulfide) groups is 1. The van der Waals surface area contributed by atoms with Crippen molar-refractivity contribution in [3.05, 3.63) is 57.5 Å². The Hall–Kier alpha value is -2.19. The van der Waals surface area contributed by atoms with Crippen molar-refractivity contribution in [1.29, 1.82) is 0 Å². The normalized spacial score (nSPS) is 10.7. The van der Waals surface area contributed by atoms with E-state index in [1.807, 2.05) is 30.3 Å². The molecule has 0 saturated carbocycles. The molecule has 0 N–H and O–H groups in total. The molecule has 0 radical (unpaired) electrons. The topological polar surface area (TPSA) is 82.1 Å². The van der Waals surface area contributed by atoms with Gasteiger partial charge in [-0.2, -0.15) is 0 Å². The quantitative estimate of drug-likeness (QED) is 0.401. The lowest BCUT2D eigenvalue weighted by molar-refractivity contribution is -0.380. The van der Waals surface area contributed by atoms with Crippen LogP contribution < -0.4 is 0 Å². The predicted molar refractivity (Wildman–Crippen MR) is 80.3 cm³/mol. The number of nitro groups is 1. The van der Waals surface area contributed by atoms with Crippen molar-refractivity contribution in [2.75, 3.05) is 0 Å². The number of benzene rings is 1. The average molecular weight is 319 g/mol. The second-order valence-corrected chi connectivity index (χ2v) is 5.89. The molecule has 3 rings (SSSR count). The van der Waals surface area contributed by atoms with E-state index in [4.69, 9.17) is 4.42 Å². The van der Waals surface area contributed by atoms with Crippen molar-refractivity contribution in [3.8, 4) is 11.5 Å². The zero-order valence-electron chi connectivity index (χ0n) is 10.6. The summed E-state index contributed by atoms with van der Waals surface area (Å²) in [6.45, 7) is 0. The molecule has 0 saturated heterocycles. The standard InChI is InChI=1S/C13H9N3O3S2/c17-16(18)11-6-9(7-20-11)8-21-13-15-14-12(19-13)10-4-2-1-3-5-10/h1-7H,8H2. The van der Waals surface area contributed by atoms with Gasteiger partial charge in [-0.1, -0.05) is 41.3 Å². The van der Waals surface area contributed by atoms with Crippen molar-refractivity contribution in [2.45, 2.75) is 11.0 Å². The Morgan fingerprint density at radius 1 is 1.29 bits per heavy atom. The number of aromatic nitrogens is 2. The van der Waals surface area contributed by atoms with E-state index in [2.05, 4.69) is 10.2 Å². The summed E-state index contributed by atoms with van der Waals surface area (Å²) in [5.41, 5.74) is 1.74. The van der Waals surface area contributed by atoms with Crippen molar-refractivity contribution in [3.63, 3.8) is 0 Å². The highest BCUT2D eigenvalue weighted by molar-refractivity contribution is 7.98. The lowest BCUT2D eigenvalue weighted by Gasteiger charge is -1.93. The molecule has 0 aliphatic rings. The largest absolute Gasteiger partial charge is 0.411 e. The van der Waals surface area contributed by atoms with Crippen LogP contribution in [0, 0.1) is 10.1 Å². The van der Waals surface area contributed by atoms with Crippen LogP contribution in [-0.2, 0) is 5.75 Å². The zero-order chi connectivity index (χ0) is 14.7. The van der Waals surface area contributed by atoms with E-state index in [-0.39, 0.29) is 9.92 Å². The van der Waals surface area contributed by atoms with Gasteiger partial charge in [0.25, 0.3) is 5.22 Å². The first kappa shape index (κ1) is 13.8. The van der Waals surface area contributed by atoms with Crippen LogP contribution in [0.1, 0.15) is 5.56 Å². The molecule has 21 heavy (non-hydrogen) atoms. The molecule has 0 fully saturated rings. The summed E-state index contributed by atoms with van der Waals surface area (Å²) in [6, 6.07) is 11.1. The van der Waals surface area contributed by atoms with Gasteiger partial charge < -0.3 is 4.42 Å². The number of thiophene rings is 1. The summed E-state index contributed by atoms with van der Waals surface area (Å²) in [7, 11) is 0. The van der Waals surface area contributed by atoms with Gasteiger partial charge in [0.05, 0.1) is 4.92 Å². The zero-order valence-corrected chi connectivity index (χ0v) is 12.3. The summed E-state index contributed by atoms with van der Waals surface area (Å²) in [6.07, 6.45) is 0. The monoisotopic (exact) mass is 319 g/mol. The van der Waals surface area contributed by atoms with Gasteiger partial charge in [0.15, 0.2) is 0 Å². The van der Waals surface area contributed by atoms with Crippen LogP contribution in [0.25, 0.3) is 11.5 Å². The molecule has 1 aromatic carbocycles. The molecule has 0 atom stereocenters. The van der Waals surface area contributed by atoms with Crippen molar-refractivity contribution in [1.82, 2.24) is 10.2 Å². The Kier molecular flexibility index (Phi) is 3.98. The summed E-state index contributed by atoms with van der Waals surface area (Å²) in [4.78, 5) is 10.2. The highest BCUT2D eigenvalue weighted by Gasteiger charge is 2.12. The van der Waals surface area contributed by atoms with E-state index >= 15 is 0 Å². The second kappa shape index (κ2) is 6.06. The fraction of sp³-hybridized carbons (Fsp3) is 0.0769. The third kappa shape index (κ3) is 3.29. The molecular weight excluding hydrogens is 310 g/mol. The van der Waals surface area contributed by atoms with E-state index in [0.717, 1.165) is 22.5 Å². The van der Waals surface area contributed by atoms with Crippen LogP contribution in [0.3, 0.4) is 0 Å². The van der Waals surface area contributed by atoms with Crippen molar-refractivity contribution >= 4 is 28.1 Å². The number of hydrogen-bond donors (Lipinski definition) is 0. The lowest BCUT2D eigenvalue weighted by Crippen LogP contribution is -1.82. The van der Waals surface area contributed by atoms with Crippen LogP contribution in [0.2, 0.25) is 0 Å². The van der Waals surface area contributed by atoms with Crippen LogP contribution in [0.4, 0.5) is 5.00 Å². The molecule has 0 amide bonds. The fourth-order valence-corrected chi connectivity index (χ4v) is 3.17. The summed E-state index contributed by atoms with van der Waals surface area (Å²) >= 11 is 2.47. The van der Waals surface area contributed by atoms with Gasteiger partial charge >= 0.3 is 5.00 Å². The van der Waals surface area contributed by atoms with E-state index in [1.54, 1.807) is 11.4 Å². The van der Waals surface area contributed by atoms with Gasteiger partial charge in [0.1, 0.15) is 0 Å². The maximum Gasteiger partial charge on any atom is 0.324 e. The molecule has 2 aromatic heterocycles. The Morgan fingerprint density at radius 3 is 2.81 bits per heavy atom. The molecule has 0 aliphatic carbocycles. The fourth-order valence-electron chi connectivity index (χ4n) is 1.64. The van der Waals surface area contributed by atoms with Gasteiger partial charge in [-0.15, -0.1) is 10.2 Å². The Balaban J connectivity index is 1.66. The first-order valence-corrected chi connectivity index (χ1v) is 7.82. The molecule has 0 spiro atoms. The van der Waals surface area contributed by atoms with Gasteiger partial charge in [0, 0.05) is 22.8 Å². The average Bonchev–Trinajstić information content (AvgIpc) is 3.15. The van der Waals surface area contributed by atoms with Crippen molar-refractivity contribution in [2.24, 2.45) is 0 Å². The Bertz CT molecular complexity index is 755. The van der Waals surface area contributed by atoms with Crippen molar-refractivity contribution < 1.29 is 9.34 Å². The first-order chi connectivity index (χ1) is 10.2. The third-order valence-corrected chi connectivity index (χ3v) is 4.43. The number of hydrogen-bond acceptors (Lipinski definition) is 7. The summed E-state index contributed by atoms with van der Waals surface area (Å²) in [5.74, 6) is 1.02. The minimum atomic E-state index is -0.390. The van der Waals surface area contributed by atoms with Gasteiger partial charge in [-0.25, -0.2) is 0 Å². The maximum absolute atomic E-state index is 10.6. The van der Waals surface area contributed by atoms with E-state index in [9.17, 15) is 10.1 Å². The van der Waals surface area contributed by atoms with Gasteiger partial charge in [-0.05, 0) is 17.7 Å². The smallest absolute Gasteiger partial charge is 0.324 e. The highest BCUT2D eigenvalue weighted by atomic mass is 32.2. The van der Waals surface area contributed by atoms with Crippen LogP contribution in [0.5, 0.6) is 0 Å². The van der Waals surface area contributed by atoms with Crippen LogP contribution in [-0.4, -0.2) is 15.1 Å². The SMILES string of the molecule is O=[N+]([O-])c1cc(CSc2nnc(-c3ccccc3)o2)cs1. The first-order valence-electron chi connectivity index (χ1n) is 5.96. The molecule has 106 valence electrons. The molecule has 2 heterocycles. The molecule has 0 bridgehead atoms. The number of rotatable bonds is 5. The second-order valence-electron chi connectivity index (χ2n) is 4.08. The van der Waals surface area contributed by atoms with Gasteiger partial charge in [0.2, 0.25) is 5.89 Å². The van der Waals surface area contributed by atoms with Crippen LogP contribution >= 0.6 is 23.1 Å². The molecule has 6 nitrogen and oxygen atoms in total. The minimum absolute atomic E-state index is 0.140. The van der Waals surface area contributed by atoms with E-state index in [0.29, 0.717) is 16.9 Å². The van der Waals surface area contributed by atoms with Crippen LogP contribution in [0.15, 0.2) is 51.4 Å². The highest BCUT2D eigenvalue weighted by Crippen LogP contribution is 2.29. The summed E-state index contributed by atoms with van der Waals surface area (Å²) < 4.78 is 5.56. The molecular formula is C13H9N3O3S2. The Morgan fingerprint density at radius 2 is 2.10 bits per heavy atom. The predicted octanol–water partition coefficient (Wildman–Crippen LogP) is 4.00. The third-order valence-electron chi connectivity index (χ3n) is 2.61. The summed E-state index contributed by atoms with van der Waals surface area (Å²) in [5, 5.41) is 20.9. The minimum Gasteiger partial charge on any atom is -0.411 e. The molecule has 3 aromatic rings. The lowest BCUT2D eigenvalue weighted by atomic mass is 10.2. The molecule has 0 aliphatic heterocycles. The molecule has 0 unspecified atom stereocenters.